The molecule has 6 heteroatoms. The summed E-state index contributed by atoms with van der Waals surface area (Å²) in [5.41, 5.74) is 0. The maximum atomic E-state index is 12.9. The smallest absolute Gasteiger partial charge is 0.306 e. The highest BCUT2D eigenvalue weighted by Crippen LogP contribution is 2.17. The van der Waals surface area contributed by atoms with Crippen molar-refractivity contribution < 1.29 is 28.6 Å². The summed E-state index contributed by atoms with van der Waals surface area (Å²) in [5.74, 6) is -0.866. The molecule has 0 aromatic heterocycles. The Morgan fingerprint density at radius 2 is 0.468 bits per heavy atom. The second-order valence-electron chi connectivity index (χ2n) is 23.1. The second kappa shape index (κ2) is 65.9. The first-order valence-corrected chi connectivity index (χ1v) is 34.1. The van der Waals surface area contributed by atoms with E-state index < -0.39 is 6.10 Å². The molecule has 0 heterocycles. The van der Waals surface area contributed by atoms with Gasteiger partial charge in [-0.25, -0.2) is 0 Å². The number of rotatable bonds is 63. The van der Waals surface area contributed by atoms with Crippen LogP contribution in [0.1, 0.15) is 367 Å². The molecule has 6 nitrogen and oxygen atoms in total. The molecule has 0 fully saturated rings. The first-order valence-electron chi connectivity index (χ1n) is 34.1. The highest BCUT2D eigenvalue weighted by molar-refractivity contribution is 5.71. The fourth-order valence-electron chi connectivity index (χ4n) is 10.1. The van der Waals surface area contributed by atoms with Crippen LogP contribution in [0.3, 0.4) is 0 Å². The van der Waals surface area contributed by atoms with Gasteiger partial charge < -0.3 is 14.2 Å². The average molecular weight is 1080 g/mol. The number of carbonyl (C=O) groups is 3. The van der Waals surface area contributed by atoms with E-state index in [9.17, 15) is 14.4 Å². The van der Waals surface area contributed by atoms with E-state index >= 15 is 0 Å². The molecule has 1 atom stereocenters. The summed E-state index contributed by atoms with van der Waals surface area (Å²) in [6.45, 7) is 6.66. The van der Waals surface area contributed by atoms with Crippen molar-refractivity contribution in [1.29, 1.82) is 0 Å². The lowest BCUT2D eigenvalue weighted by Gasteiger charge is -2.18. The standard InChI is InChI=1S/C71H130O6/c1-4-7-10-13-16-19-22-25-27-29-31-33-34-35-36-38-39-41-43-46-49-52-55-58-61-64-70(73)76-67-68(66-75-69(72)63-60-57-54-51-48-45-24-21-18-15-12-9-6-3)77-71(74)65-62-59-56-53-50-47-44-42-40-37-32-30-28-26-23-20-17-14-11-8-5-2/h21,23-24,26,29-32,68H,4-20,22,25,27-28,33-67H2,1-3H3/b24-21-,26-23-,31-29-,32-30-. The number of esters is 3. The van der Waals surface area contributed by atoms with Crippen LogP contribution in [-0.4, -0.2) is 37.2 Å². The van der Waals surface area contributed by atoms with E-state index in [0.29, 0.717) is 19.3 Å². The molecule has 1 unspecified atom stereocenters. The Balaban J connectivity index is 4.27. The van der Waals surface area contributed by atoms with Gasteiger partial charge in [0, 0.05) is 19.3 Å². The Bertz CT molecular complexity index is 1330. The molecule has 0 aliphatic rings. The van der Waals surface area contributed by atoms with E-state index in [1.165, 1.54) is 257 Å². The lowest BCUT2D eigenvalue weighted by Crippen LogP contribution is -2.30. The molecule has 0 spiro atoms. The topological polar surface area (TPSA) is 78.9 Å². The minimum Gasteiger partial charge on any atom is -0.462 e. The zero-order chi connectivity index (χ0) is 55.7. The number of hydrogen-bond acceptors (Lipinski definition) is 6. The van der Waals surface area contributed by atoms with Gasteiger partial charge in [0.05, 0.1) is 0 Å². The molecular formula is C71H130O6. The molecule has 450 valence electrons. The van der Waals surface area contributed by atoms with Gasteiger partial charge in [0.15, 0.2) is 6.10 Å². The van der Waals surface area contributed by atoms with Gasteiger partial charge in [-0.15, -0.1) is 0 Å². The molecule has 0 saturated carbocycles. The highest BCUT2D eigenvalue weighted by atomic mass is 16.6. The number of ether oxygens (including phenoxy) is 3. The van der Waals surface area contributed by atoms with Gasteiger partial charge in [-0.05, 0) is 103 Å². The Kier molecular flexibility index (Phi) is 63.6. The minimum absolute atomic E-state index is 0.0746. The molecule has 0 aliphatic carbocycles. The number of carbonyl (C=O) groups excluding carboxylic acids is 3. The molecule has 0 bridgehead atoms. The fourth-order valence-corrected chi connectivity index (χ4v) is 10.1. The molecular weight excluding hydrogens is 949 g/mol. The van der Waals surface area contributed by atoms with Crippen molar-refractivity contribution in [2.75, 3.05) is 13.2 Å². The molecule has 0 amide bonds. The normalized spacial score (nSPS) is 12.3. The summed E-state index contributed by atoms with van der Waals surface area (Å²) in [7, 11) is 0. The van der Waals surface area contributed by atoms with E-state index in [4.69, 9.17) is 14.2 Å². The lowest BCUT2D eigenvalue weighted by atomic mass is 10.0. The van der Waals surface area contributed by atoms with Crippen LogP contribution in [0.5, 0.6) is 0 Å². The highest BCUT2D eigenvalue weighted by Gasteiger charge is 2.19. The molecule has 0 N–H and O–H groups in total. The van der Waals surface area contributed by atoms with Crippen LogP contribution >= 0.6 is 0 Å². The van der Waals surface area contributed by atoms with E-state index in [-0.39, 0.29) is 31.1 Å². The second-order valence-corrected chi connectivity index (χ2v) is 23.1. The molecule has 0 saturated heterocycles. The summed E-state index contributed by atoms with van der Waals surface area (Å²) in [5, 5.41) is 0. The Morgan fingerprint density at radius 1 is 0.260 bits per heavy atom. The SMILES string of the molecule is CCCCCC/C=C\CCCCCCCC(=O)OCC(COC(=O)CCCCCCCCCCCCCCC/C=C\CCCCCCCCCC)OC(=O)CCCCCCCCCCC/C=C\C/C=C\CCCCCCC. The Hall–Kier alpha value is -2.63. The maximum Gasteiger partial charge on any atom is 0.306 e. The molecule has 0 radical (unpaired) electrons. The molecule has 0 aromatic carbocycles. The van der Waals surface area contributed by atoms with Crippen molar-refractivity contribution in [2.45, 2.75) is 374 Å². The first kappa shape index (κ1) is 74.4. The zero-order valence-corrected chi connectivity index (χ0v) is 51.7. The van der Waals surface area contributed by atoms with Crippen molar-refractivity contribution in [3.8, 4) is 0 Å². The van der Waals surface area contributed by atoms with E-state index in [1.807, 2.05) is 0 Å². The van der Waals surface area contributed by atoms with Gasteiger partial charge >= 0.3 is 17.9 Å². The maximum absolute atomic E-state index is 12.9. The zero-order valence-electron chi connectivity index (χ0n) is 51.7. The minimum atomic E-state index is -0.779. The third-order valence-corrected chi connectivity index (χ3v) is 15.3. The van der Waals surface area contributed by atoms with Crippen LogP contribution in [0.15, 0.2) is 48.6 Å². The molecule has 77 heavy (non-hydrogen) atoms. The van der Waals surface area contributed by atoms with E-state index in [2.05, 4.69) is 69.4 Å². The van der Waals surface area contributed by atoms with Crippen molar-refractivity contribution in [2.24, 2.45) is 0 Å². The molecule has 0 rings (SSSR count). The summed E-state index contributed by atoms with van der Waals surface area (Å²) in [6.07, 6.45) is 82.7. The van der Waals surface area contributed by atoms with Gasteiger partial charge in [-0.3, -0.25) is 14.4 Å². The van der Waals surface area contributed by atoms with Crippen LogP contribution in [0.4, 0.5) is 0 Å². The van der Waals surface area contributed by atoms with E-state index in [0.717, 1.165) is 70.6 Å². The number of allylic oxidation sites excluding steroid dienone is 8. The van der Waals surface area contributed by atoms with Crippen LogP contribution in [-0.2, 0) is 28.6 Å². The Morgan fingerprint density at radius 3 is 0.740 bits per heavy atom. The van der Waals surface area contributed by atoms with Gasteiger partial charge in [-0.2, -0.15) is 0 Å². The quantitative estimate of drug-likeness (QED) is 0.0261. The molecule has 0 aromatic rings. The molecule has 0 aliphatic heterocycles. The van der Waals surface area contributed by atoms with Crippen molar-refractivity contribution in [3.05, 3.63) is 48.6 Å². The largest absolute Gasteiger partial charge is 0.462 e. The van der Waals surface area contributed by atoms with Crippen molar-refractivity contribution in [1.82, 2.24) is 0 Å². The van der Waals surface area contributed by atoms with Crippen LogP contribution < -0.4 is 0 Å². The van der Waals surface area contributed by atoms with Crippen molar-refractivity contribution in [3.63, 3.8) is 0 Å². The average Bonchev–Trinajstić information content (AvgIpc) is 3.43. The van der Waals surface area contributed by atoms with Gasteiger partial charge in [0.1, 0.15) is 13.2 Å². The lowest BCUT2D eigenvalue weighted by molar-refractivity contribution is -0.167. The summed E-state index contributed by atoms with van der Waals surface area (Å²) in [4.78, 5) is 38.4. The summed E-state index contributed by atoms with van der Waals surface area (Å²) in [6, 6.07) is 0. The van der Waals surface area contributed by atoms with Crippen LogP contribution in [0.25, 0.3) is 0 Å². The summed E-state index contributed by atoms with van der Waals surface area (Å²) < 4.78 is 17.0. The number of hydrogen-bond donors (Lipinski definition) is 0. The Labute approximate surface area is 479 Å². The predicted molar refractivity (Wildman–Crippen MR) is 335 cm³/mol. The third-order valence-electron chi connectivity index (χ3n) is 15.3. The van der Waals surface area contributed by atoms with Gasteiger partial charge in [0.2, 0.25) is 0 Å². The third kappa shape index (κ3) is 64.1. The fraction of sp³-hybridized carbons (Fsp3) is 0.845. The van der Waals surface area contributed by atoms with Gasteiger partial charge in [-0.1, -0.05) is 294 Å². The monoisotopic (exact) mass is 1080 g/mol. The summed E-state index contributed by atoms with van der Waals surface area (Å²) >= 11 is 0. The predicted octanol–water partition coefficient (Wildman–Crippen LogP) is 23.3. The van der Waals surface area contributed by atoms with Gasteiger partial charge in [0.25, 0.3) is 0 Å². The van der Waals surface area contributed by atoms with E-state index in [1.54, 1.807) is 0 Å². The van der Waals surface area contributed by atoms with Crippen molar-refractivity contribution >= 4 is 17.9 Å². The first-order chi connectivity index (χ1) is 38.0. The van der Waals surface area contributed by atoms with Crippen LogP contribution in [0, 0.1) is 0 Å². The van der Waals surface area contributed by atoms with Crippen LogP contribution in [0.2, 0.25) is 0 Å². The number of unbranched alkanes of at least 4 members (excludes halogenated alkanes) is 44.